The molecule has 1 atom stereocenters. The van der Waals surface area contributed by atoms with Crippen LogP contribution in [0.25, 0.3) is 0 Å². The number of halogens is 4. The third kappa shape index (κ3) is 3.77. The molecule has 100 valence electrons. The van der Waals surface area contributed by atoms with Crippen LogP contribution in [-0.4, -0.2) is 5.88 Å². The van der Waals surface area contributed by atoms with Crippen LogP contribution in [0.4, 0.5) is 8.78 Å². The van der Waals surface area contributed by atoms with Crippen LogP contribution < -0.4 is 0 Å². The molecule has 0 radical (unpaired) electrons. The van der Waals surface area contributed by atoms with E-state index in [0.29, 0.717) is 22.3 Å². The topological polar surface area (TPSA) is 0 Å². The molecular formula is C15H12BrClF2. The van der Waals surface area contributed by atoms with Crippen LogP contribution in [0.5, 0.6) is 0 Å². The first-order valence-corrected chi connectivity index (χ1v) is 7.18. The van der Waals surface area contributed by atoms with Gasteiger partial charge in [-0.1, -0.05) is 34.1 Å². The van der Waals surface area contributed by atoms with Crippen LogP contribution in [-0.2, 0) is 6.42 Å². The summed E-state index contributed by atoms with van der Waals surface area (Å²) in [5.74, 6) is -0.211. The average molecular weight is 346 g/mol. The summed E-state index contributed by atoms with van der Waals surface area (Å²) in [6.07, 6.45) is 0.494. The predicted octanol–water partition coefficient (Wildman–Crippen LogP) is 5.29. The van der Waals surface area contributed by atoms with E-state index in [9.17, 15) is 8.78 Å². The van der Waals surface area contributed by atoms with Crippen LogP contribution in [0.1, 0.15) is 17.0 Å². The largest absolute Gasteiger partial charge is 0.207 e. The normalized spacial score (nSPS) is 12.4. The van der Waals surface area contributed by atoms with Gasteiger partial charge in [0.05, 0.1) is 0 Å². The van der Waals surface area contributed by atoms with Crippen LogP contribution >= 0.6 is 27.5 Å². The first kappa shape index (κ1) is 14.5. The molecular weight excluding hydrogens is 334 g/mol. The second kappa shape index (κ2) is 6.49. The van der Waals surface area contributed by atoms with E-state index in [1.807, 2.05) is 0 Å². The molecule has 1 unspecified atom stereocenters. The van der Waals surface area contributed by atoms with Crippen molar-refractivity contribution in [3.63, 3.8) is 0 Å². The van der Waals surface area contributed by atoms with Crippen molar-refractivity contribution in [2.45, 2.75) is 12.3 Å². The van der Waals surface area contributed by atoms with Gasteiger partial charge >= 0.3 is 0 Å². The van der Waals surface area contributed by atoms with Gasteiger partial charge in [-0.2, -0.15) is 0 Å². The molecule has 0 bridgehead atoms. The smallest absolute Gasteiger partial charge is 0.127 e. The molecule has 0 saturated heterocycles. The van der Waals surface area contributed by atoms with Crippen molar-refractivity contribution < 1.29 is 8.78 Å². The SMILES string of the molecule is Fc1ccc(C(CCl)Cc2ccc(Br)cc2F)cc1. The zero-order valence-corrected chi connectivity index (χ0v) is 12.4. The standard InChI is InChI=1S/C15H12BrClF2/c16-13-4-1-11(15(19)8-13)7-12(9-17)10-2-5-14(18)6-3-10/h1-6,8,12H,7,9H2. The quantitative estimate of drug-likeness (QED) is 0.660. The fourth-order valence-corrected chi connectivity index (χ4v) is 2.57. The lowest BCUT2D eigenvalue weighted by molar-refractivity contribution is 0.596. The van der Waals surface area contributed by atoms with Crippen molar-refractivity contribution in [3.8, 4) is 0 Å². The molecule has 0 aliphatic heterocycles. The second-order valence-electron chi connectivity index (χ2n) is 4.34. The highest BCUT2D eigenvalue weighted by Crippen LogP contribution is 2.25. The third-order valence-corrected chi connectivity index (χ3v) is 3.87. The number of alkyl halides is 1. The molecule has 19 heavy (non-hydrogen) atoms. The predicted molar refractivity (Wildman–Crippen MR) is 77.7 cm³/mol. The van der Waals surface area contributed by atoms with Crippen molar-refractivity contribution in [1.82, 2.24) is 0 Å². The van der Waals surface area contributed by atoms with E-state index in [2.05, 4.69) is 15.9 Å². The Balaban J connectivity index is 2.21. The third-order valence-electron chi connectivity index (χ3n) is 3.01. The lowest BCUT2D eigenvalue weighted by atomic mass is 9.93. The zero-order valence-electron chi connectivity index (χ0n) is 10.0. The fourth-order valence-electron chi connectivity index (χ4n) is 1.95. The molecule has 0 aromatic heterocycles. The molecule has 2 rings (SSSR count). The Morgan fingerprint density at radius 1 is 1.05 bits per heavy atom. The highest BCUT2D eigenvalue weighted by Gasteiger charge is 2.14. The molecule has 0 amide bonds. The first-order chi connectivity index (χ1) is 9.10. The van der Waals surface area contributed by atoms with Gasteiger partial charge < -0.3 is 0 Å². The number of hydrogen-bond acceptors (Lipinski definition) is 0. The van der Waals surface area contributed by atoms with Gasteiger partial charge in [-0.15, -0.1) is 11.6 Å². The van der Waals surface area contributed by atoms with E-state index in [0.717, 1.165) is 5.56 Å². The molecule has 0 aliphatic rings. The summed E-state index contributed by atoms with van der Waals surface area (Å²) in [6, 6.07) is 11.2. The summed E-state index contributed by atoms with van der Waals surface area (Å²) in [6.45, 7) is 0. The number of hydrogen-bond donors (Lipinski definition) is 0. The Hall–Kier alpha value is -0.930. The number of benzene rings is 2. The lowest BCUT2D eigenvalue weighted by Crippen LogP contribution is -2.06. The van der Waals surface area contributed by atoms with Gasteiger partial charge in [0.25, 0.3) is 0 Å². The van der Waals surface area contributed by atoms with Crippen LogP contribution in [0.2, 0.25) is 0 Å². The van der Waals surface area contributed by atoms with Crippen molar-refractivity contribution in [3.05, 3.63) is 69.7 Å². The lowest BCUT2D eigenvalue weighted by Gasteiger charge is -2.15. The summed E-state index contributed by atoms with van der Waals surface area (Å²) in [4.78, 5) is 0. The molecule has 0 heterocycles. The van der Waals surface area contributed by atoms with E-state index in [-0.39, 0.29) is 17.6 Å². The summed E-state index contributed by atoms with van der Waals surface area (Å²) in [5.41, 5.74) is 1.52. The molecule has 2 aromatic carbocycles. The zero-order chi connectivity index (χ0) is 13.8. The van der Waals surface area contributed by atoms with E-state index < -0.39 is 0 Å². The van der Waals surface area contributed by atoms with Gasteiger partial charge in [-0.25, -0.2) is 8.78 Å². The van der Waals surface area contributed by atoms with Gasteiger partial charge in [0.15, 0.2) is 0 Å². The molecule has 0 nitrogen and oxygen atoms in total. The minimum atomic E-state index is -0.285. The van der Waals surface area contributed by atoms with E-state index >= 15 is 0 Å². The van der Waals surface area contributed by atoms with Gasteiger partial charge in [0.1, 0.15) is 11.6 Å². The summed E-state index contributed by atoms with van der Waals surface area (Å²) >= 11 is 9.17. The van der Waals surface area contributed by atoms with Gasteiger partial charge in [0.2, 0.25) is 0 Å². The molecule has 0 aliphatic carbocycles. The number of rotatable bonds is 4. The van der Waals surface area contributed by atoms with Gasteiger partial charge in [-0.3, -0.25) is 0 Å². The van der Waals surface area contributed by atoms with Crippen molar-refractivity contribution >= 4 is 27.5 Å². The summed E-state index contributed by atoms with van der Waals surface area (Å²) < 4.78 is 27.4. The fraction of sp³-hybridized carbons (Fsp3) is 0.200. The van der Waals surface area contributed by atoms with E-state index in [1.54, 1.807) is 24.3 Å². The summed E-state index contributed by atoms with van der Waals surface area (Å²) in [7, 11) is 0. The monoisotopic (exact) mass is 344 g/mol. The average Bonchev–Trinajstić information content (AvgIpc) is 2.39. The summed E-state index contributed by atoms with van der Waals surface area (Å²) in [5, 5.41) is 0. The maximum atomic E-state index is 13.8. The highest BCUT2D eigenvalue weighted by molar-refractivity contribution is 9.10. The molecule has 0 saturated carbocycles. The molecule has 0 N–H and O–H groups in total. The molecule has 0 spiro atoms. The van der Waals surface area contributed by atoms with Crippen molar-refractivity contribution in [2.24, 2.45) is 0 Å². The minimum Gasteiger partial charge on any atom is -0.207 e. The minimum absolute atomic E-state index is 0.0297. The van der Waals surface area contributed by atoms with Crippen LogP contribution in [0, 0.1) is 11.6 Å². The van der Waals surface area contributed by atoms with Crippen LogP contribution in [0.15, 0.2) is 46.9 Å². The van der Waals surface area contributed by atoms with Gasteiger partial charge in [-0.05, 0) is 41.8 Å². The van der Waals surface area contributed by atoms with Crippen LogP contribution in [0.3, 0.4) is 0 Å². The Bertz CT molecular complexity index is 555. The second-order valence-corrected chi connectivity index (χ2v) is 5.57. The van der Waals surface area contributed by atoms with Gasteiger partial charge in [0, 0.05) is 16.3 Å². The first-order valence-electron chi connectivity index (χ1n) is 5.85. The van der Waals surface area contributed by atoms with E-state index in [1.165, 1.54) is 18.2 Å². The maximum absolute atomic E-state index is 13.8. The Morgan fingerprint density at radius 2 is 1.74 bits per heavy atom. The molecule has 2 aromatic rings. The van der Waals surface area contributed by atoms with Crippen molar-refractivity contribution in [1.29, 1.82) is 0 Å². The Morgan fingerprint density at radius 3 is 2.32 bits per heavy atom. The Labute approximate surface area is 124 Å². The molecule has 0 fully saturated rings. The maximum Gasteiger partial charge on any atom is 0.127 e. The highest BCUT2D eigenvalue weighted by atomic mass is 79.9. The van der Waals surface area contributed by atoms with Crippen molar-refractivity contribution in [2.75, 3.05) is 5.88 Å². The Kier molecular flexibility index (Phi) is 4.94. The molecule has 4 heteroatoms. The van der Waals surface area contributed by atoms with E-state index in [4.69, 9.17) is 11.6 Å².